The van der Waals surface area contributed by atoms with Gasteiger partial charge in [-0.05, 0) is 43.7 Å². The third-order valence-corrected chi connectivity index (χ3v) is 9.00. The molecule has 0 aliphatic rings. The first kappa shape index (κ1) is 23.6. The number of carbonyl (C=O) groups is 1. The summed E-state index contributed by atoms with van der Waals surface area (Å²) in [5.41, 5.74) is 1.39. The normalized spacial score (nSPS) is 12.4. The van der Waals surface area contributed by atoms with E-state index in [2.05, 4.69) is 46.8 Å². The quantitative estimate of drug-likeness (QED) is 0.377. The van der Waals surface area contributed by atoms with E-state index in [1.54, 1.807) is 10.8 Å². The average Bonchev–Trinajstić information content (AvgIpc) is 2.64. The largest absolute Gasteiger partial charge is 0.396 e. The first-order valence-electron chi connectivity index (χ1n) is 9.87. The highest BCUT2D eigenvalue weighted by molar-refractivity contribution is 8.77. The van der Waals surface area contributed by atoms with E-state index in [0.29, 0.717) is 18.6 Å². The molecular weight excluding hydrogens is 360 g/mol. The summed E-state index contributed by atoms with van der Waals surface area (Å²) >= 11 is 0. The fourth-order valence-corrected chi connectivity index (χ4v) is 5.78. The van der Waals surface area contributed by atoms with Crippen molar-refractivity contribution in [1.82, 2.24) is 0 Å². The van der Waals surface area contributed by atoms with Crippen molar-refractivity contribution < 1.29 is 9.90 Å². The van der Waals surface area contributed by atoms with E-state index in [-0.39, 0.29) is 16.8 Å². The van der Waals surface area contributed by atoms with Crippen LogP contribution in [-0.4, -0.2) is 22.2 Å². The third-order valence-electron chi connectivity index (χ3n) is 5.54. The highest BCUT2D eigenvalue weighted by Gasteiger charge is 2.28. The van der Waals surface area contributed by atoms with Crippen LogP contribution in [0.5, 0.6) is 0 Å². The Kier molecular flexibility index (Phi) is 10.3. The van der Waals surface area contributed by atoms with E-state index in [0.717, 1.165) is 32.1 Å². The van der Waals surface area contributed by atoms with Crippen LogP contribution in [-0.2, 0) is 11.2 Å². The van der Waals surface area contributed by atoms with Gasteiger partial charge in [0.15, 0.2) is 0 Å². The van der Waals surface area contributed by atoms with Gasteiger partial charge in [0.05, 0.1) is 0 Å². The first-order valence-corrected chi connectivity index (χ1v) is 12.0. The van der Waals surface area contributed by atoms with Gasteiger partial charge in [0, 0.05) is 29.1 Å². The Morgan fingerprint density at radius 3 is 2.27 bits per heavy atom. The summed E-state index contributed by atoms with van der Waals surface area (Å²) in [5.74, 6) is 0.412. The van der Waals surface area contributed by atoms with Crippen molar-refractivity contribution in [3.63, 3.8) is 0 Å². The zero-order valence-corrected chi connectivity index (χ0v) is 18.8. The molecule has 0 amide bonds. The first-order chi connectivity index (χ1) is 12.3. The van der Waals surface area contributed by atoms with Gasteiger partial charge in [0.1, 0.15) is 5.78 Å². The van der Waals surface area contributed by atoms with Crippen LogP contribution in [0.1, 0.15) is 78.7 Å². The smallest absolute Gasteiger partial charge is 0.133 e. The fraction of sp³-hybridized carbons (Fsp3) is 0.682. The van der Waals surface area contributed by atoms with Gasteiger partial charge in [-0.15, -0.1) is 0 Å². The standard InChI is InChI=1S/C22H36O2S2/c1-6-22(7-2,8-3)17-19(24)13-15-21(4,5)26-25-20-12-10-9-11-18(20)14-16-23/h9-12,23H,6-8,13-17H2,1-5H3. The van der Waals surface area contributed by atoms with Gasteiger partial charge in [0.2, 0.25) is 0 Å². The van der Waals surface area contributed by atoms with E-state index in [1.165, 1.54) is 10.5 Å². The lowest BCUT2D eigenvalue weighted by atomic mass is 9.75. The number of ketones is 1. The van der Waals surface area contributed by atoms with Gasteiger partial charge < -0.3 is 5.11 Å². The zero-order valence-electron chi connectivity index (χ0n) is 17.1. The van der Waals surface area contributed by atoms with Gasteiger partial charge in [-0.3, -0.25) is 4.79 Å². The molecule has 0 aromatic heterocycles. The molecule has 148 valence electrons. The lowest BCUT2D eigenvalue weighted by Gasteiger charge is -2.30. The number of aliphatic hydroxyl groups is 1. The predicted molar refractivity (Wildman–Crippen MR) is 117 cm³/mol. The Morgan fingerprint density at radius 1 is 1.08 bits per heavy atom. The molecule has 1 aromatic carbocycles. The van der Waals surface area contributed by atoms with Gasteiger partial charge >= 0.3 is 0 Å². The molecule has 0 spiro atoms. The summed E-state index contributed by atoms with van der Waals surface area (Å²) in [6.45, 7) is 11.2. The van der Waals surface area contributed by atoms with E-state index >= 15 is 0 Å². The van der Waals surface area contributed by atoms with Crippen molar-refractivity contribution in [3.05, 3.63) is 29.8 Å². The highest BCUT2D eigenvalue weighted by atomic mass is 33.1. The molecule has 0 saturated heterocycles. The van der Waals surface area contributed by atoms with E-state index < -0.39 is 0 Å². The minimum atomic E-state index is 0.0416. The molecule has 26 heavy (non-hydrogen) atoms. The molecule has 4 heteroatoms. The second-order valence-corrected chi connectivity index (χ2v) is 10.7. The molecule has 0 heterocycles. The van der Waals surface area contributed by atoms with Gasteiger partial charge in [0.25, 0.3) is 0 Å². The molecule has 0 fully saturated rings. The molecule has 2 nitrogen and oxygen atoms in total. The number of hydrogen-bond donors (Lipinski definition) is 1. The Balaban J connectivity index is 2.55. The van der Waals surface area contributed by atoms with Crippen molar-refractivity contribution in [2.75, 3.05) is 6.61 Å². The van der Waals surface area contributed by atoms with Crippen LogP contribution < -0.4 is 0 Å². The van der Waals surface area contributed by atoms with Crippen molar-refractivity contribution in [2.24, 2.45) is 5.41 Å². The van der Waals surface area contributed by atoms with Gasteiger partial charge in [-0.25, -0.2) is 0 Å². The molecule has 1 N–H and O–H groups in total. The summed E-state index contributed by atoms with van der Waals surface area (Å²) in [6, 6.07) is 8.25. The summed E-state index contributed by atoms with van der Waals surface area (Å²) in [5, 5.41) is 9.22. The molecule has 1 rings (SSSR count). The Labute approximate surface area is 168 Å². The lowest BCUT2D eigenvalue weighted by molar-refractivity contribution is -0.121. The molecule has 0 aliphatic carbocycles. The van der Waals surface area contributed by atoms with Crippen molar-refractivity contribution in [3.8, 4) is 0 Å². The van der Waals surface area contributed by atoms with E-state index in [9.17, 15) is 9.90 Å². The minimum Gasteiger partial charge on any atom is -0.396 e. The molecule has 0 radical (unpaired) electrons. The highest BCUT2D eigenvalue weighted by Crippen LogP contribution is 2.44. The van der Waals surface area contributed by atoms with Gasteiger partial charge in [-0.2, -0.15) is 0 Å². The van der Waals surface area contributed by atoms with E-state index in [4.69, 9.17) is 0 Å². The summed E-state index contributed by atoms with van der Waals surface area (Å²) in [6.07, 6.45) is 6.24. The predicted octanol–water partition coefficient (Wildman–Crippen LogP) is 6.70. The molecule has 1 aromatic rings. The summed E-state index contributed by atoms with van der Waals surface area (Å²) < 4.78 is 0.0416. The van der Waals surface area contributed by atoms with Crippen LogP contribution in [0.3, 0.4) is 0 Å². The maximum absolute atomic E-state index is 12.6. The number of benzene rings is 1. The number of carbonyl (C=O) groups excluding carboxylic acids is 1. The van der Waals surface area contributed by atoms with Crippen LogP contribution in [0, 0.1) is 5.41 Å². The minimum absolute atomic E-state index is 0.0416. The number of hydrogen-bond acceptors (Lipinski definition) is 4. The van der Waals surface area contributed by atoms with Crippen LogP contribution in [0.15, 0.2) is 29.2 Å². The van der Waals surface area contributed by atoms with Crippen LogP contribution in [0.25, 0.3) is 0 Å². The lowest BCUT2D eigenvalue weighted by Crippen LogP contribution is -2.23. The SMILES string of the molecule is CCC(CC)(CC)CC(=O)CCC(C)(C)SSc1ccccc1CCO. The number of Topliss-reactive ketones (excluding diaryl/α,β-unsaturated/α-hetero) is 1. The van der Waals surface area contributed by atoms with Crippen molar-refractivity contribution in [1.29, 1.82) is 0 Å². The maximum atomic E-state index is 12.6. The topological polar surface area (TPSA) is 37.3 Å². The van der Waals surface area contributed by atoms with Gasteiger partial charge in [-0.1, -0.05) is 79.8 Å². The molecular formula is C22H36O2S2. The van der Waals surface area contributed by atoms with Crippen molar-refractivity contribution in [2.45, 2.75) is 89.2 Å². The third kappa shape index (κ3) is 7.66. The Hall–Kier alpha value is -0.450. The molecule has 0 atom stereocenters. The molecule has 0 saturated carbocycles. The molecule has 0 bridgehead atoms. The Morgan fingerprint density at radius 2 is 1.69 bits per heavy atom. The zero-order chi connectivity index (χ0) is 19.6. The average molecular weight is 397 g/mol. The van der Waals surface area contributed by atoms with Crippen molar-refractivity contribution >= 4 is 27.4 Å². The maximum Gasteiger partial charge on any atom is 0.133 e. The van der Waals surface area contributed by atoms with Crippen LogP contribution >= 0.6 is 21.6 Å². The van der Waals surface area contributed by atoms with Crippen LogP contribution in [0.4, 0.5) is 0 Å². The molecule has 0 unspecified atom stereocenters. The monoisotopic (exact) mass is 396 g/mol. The van der Waals surface area contributed by atoms with E-state index in [1.807, 2.05) is 22.9 Å². The second-order valence-electron chi connectivity index (χ2n) is 7.78. The number of aliphatic hydroxyl groups excluding tert-OH is 1. The Bertz CT molecular complexity index is 543. The summed E-state index contributed by atoms with van der Waals surface area (Å²) in [4.78, 5) is 13.8. The molecule has 0 aliphatic heterocycles. The fourth-order valence-electron chi connectivity index (χ4n) is 3.18. The second kappa shape index (κ2) is 11.4. The number of rotatable bonds is 13. The summed E-state index contributed by atoms with van der Waals surface area (Å²) in [7, 11) is 3.60. The van der Waals surface area contributed by atoms with Crippen LogP contribution in [0.2, 0.25) is 0 Å².